The van der Waals surface area contributed by atoms with Crippen LogP contribution in [-0.2, 0) is 12.8 Å². The molecule has 2 N–H and O–H groups in total. The lowest BCUT2D eigenvalue weighted by Crippen LogP contribution is -2.33. The number of aryl methyl sites for hydroxylation is 2. The summed E-state index contributed by atoms with van der Waals surface area (Å²) in [5.74, 6) is 0. The zero-order valence-corrected chi connectivity index (χ0v) is 8.12. The van der Waals surface area contributed by atoms with Crippen LogP contribution in [0.2, 0.25) is 0 Å². The van der Waals surface area contributed by atoms with Gasteiger partial charge in [0.2, 0.25) is 0 Å². The van der Waals surface area contributed by atoms with Crippen LogP contribution in [0.5, 0.6) is 0 Å². The van der Waals surface area contributed by atoms with Crippen molar-refractivity contribution in [3.8, 4) is 0 Å². The Balaban J connectivity index is 3.10. The topological polar surface area (TPSA) is 40.5 Å². The number of hydrogen-bond donors (Lipinski definition) is 2. The maximum absolute atomic E-state index is 9.11. The molecular formula is C10H15BO2. The standard InChI is InChI=1S/C10H15BO2/c1-3-8-5-6-9(4-2)10(7-8)11(12)13/h5-7,12-13H,3-4H2,1-2H3. The molecular weight excluding hydrogens is 163 g/mol. The highest BCUT2D eigenvalue weighted by atomic mass is 16.4. The van der Waals surface area contributed by atoms with Gasteiger partial charge in [-0.25, -0.2) is 0 Å². The summed E-state index contributed by atoms with van der Waals surface area (Å²) in [5, 5.41) is 18.2. The van der Waals surface area contributed by atoms with Crippen LogP contribution >= 0.6 is 0 Å². The van der Waals surface area contributed by atoms with Gasteiger partial charge in [-0.15, -0.1) is 0 Å². The monoisotopic (exact) mass is 178 g/mol. The van der Waals surface area contributed by atoms with Gasteiger partial charge in [-0.3, -0.25) is 0 Å². The fourth-order valence-corrected chi connectivity index (χ4v) is 1.43. The zero-order valence-electron chi connectivity index (χ0n) is 8.12. The van der Waals surface area contributed by atoms with E-state index in [0.717, 1.165) is 24.0 Å². The van der Waals surface area contributed by atoms with E-state index < -0.39 is 7.12 Å². The van der Waals surface area contributed by atoms with E-state index in [0.29, 0.717) is 5.46 Å². The Morgan fingerprint density at radius 1 is 1.15 bits per heavy atom. The molecule has 13 heavy (non-hydrogen) atoms. The molecule has 2 nitrogen and oxygen atoms in total. The second-order valence-corrected chi connectivity index (χ2v) is 3.11. The first-order valence-corrected chi connectivity index (χ1v) is 4.66. The smallest absolute Gasteiger partial charge is 0.423 e. The SMILES string of the molecule is CCc1ccc(CC)c(B(O)O)c1. The largest absolute Gasteiger partial charge is 0.488 e. The van der Waals surface area contributed by atoms with Crippen LogP contribution in [0.3, 0.4) is 0 Å². The maximum atomic E-state index is 9.11. The van der Waals surface area contributed by atoms with E-state index in [-0.39, 0.29) is 0 Å². The van der Waals surface area contributed by atoms with Crippen molar-refractivity contribution in [2.24, 2.45) is 0 Å². The van der Waals surface area contributed by atoms with Crippen LogP contribution in [0, 0.1) is 0 Å². The summed E-state index contributed by atoms with van der Waals surface area (Å²) >= 11 is 0. The summed E-state index contributed by atoms with van der Waals surface area (Å²) in [6.07, 6.45) is 1.75. The highest BCUT2D eigenvalue weighted by Gasteiger charge is 2.14. The normalized spacial score (nSPS) is 10.2. The lowest BCUT2D eigenvalue weighted by atomic mass is 9.75. The van der Waals surface area contributed by atoms with Crippen molar-refractivity contribution in [2.75, 3.05) is 0 Å². The minimum Gasteiger partial charge on any atom is -0.423 e. The summed E-state index contributed by atoms with van der Waals surface area (Å²) in [5.41, 5.74) is 2.79. The molecule has 70 valence electrons. The third-order valence-corrected chi connectivity index (χ3v) is 2.28. The average Bonchev–Trinajstić information content (AvgIpc) is 2.16. The molecule has 3 heteroatoms. The molecule has 0 bridgehead atoms. The number of hydrogen-bond acceptors (Lipinski definition) is 2. The molecule has 1 aromatic rings. The molecule has 1 rings (SSSR count). The molecule has 0 atom stereocenters. The van der Waals surface area contributed by atoms with E-state index in [1.165, 1.54) is 0 Å². The van der Waals surface area contributed by atoms with Gasteiger partial charge in [0.1, 0.15) is 0 Å². The van der Waals surface area contributed by atoms with Gasteiger partial charge in [0.05, 0.1) is 0 Å². The molecule has 0 saturated heterocycles. The van der Waals surface area contributed by atoms with Gasteiger partial charge in [-0.05, 0) is 29.4 Å². The second-order valence-electron chi connectivity index (χ2n) is 3.11. The van der Waals surface area contributed by atoms with E-state index in [2.05, 4.69) is 6.92 Å². The molecule has 0 saturated carbocycles. The Hall–Kier alpha value is -0.795. The van der Waals surface area contributed by atoms with Crippen molar-refractivity contribution >= 4 is 12.6 Å². The highest BCUT2D eigenvalue weighted by molar-refractivity contribution is 6.59. The van der Waals surface area contributed by atoms with E-state index in [9.17, 15) is 0 Å². The minimum absolute atomic E-state index is 0.641. The molecule has 0 radical (unpaired) electrons. The first-order valence-electron chi connectivity index (χ1n) is 4.66. The van der Waals surface area contributed by atoms with E-state index in [1.54, 1.807) is 0 Å². The summed E-state index contributed by atoms with van der Waals surface area (Å²) in [4.78, 5) is 0. The lowest BCUT2D eigenvalue weighted by molar-refractivity contribution is 0.425. The molecule has 0 fully saturated rings. The maximum Gasteiger partial charge on any atom is 0.488 e. The van der Waals surface area contributed by atoms with Gasteiger partial charge in [0.15, 0.2) is 0 Å². The number of benzene rings is 1. The molecule has 0 unspecified atom stereocenters. The Morgan fingerprint density at radius 3 is 2.31 bits per heavy atom. The fourth-order valence-electron chi connectivity index (χ4n) is 1.43. The van der Waals surface area contributed by atoms with Crippen LogP contribution in [0.15, 0.2) is 18.2 Å². The van der Waals surface area contributed by atoms with E-state index >= 15 is 0 Å². The lowest BCUT2D eigenvalue weighted by Gasteiger charge is -2.08. The molecule has 0 aliphatic rings. The third-order valence-electron chi connectivity index (χ3n) is 2.28. The molecule has 0 spiro atoms. The van der Waals surface area contributed by atoms with Gasteiger partial charge in [0.25, 0.3) is 0 Å². The van der Waals surface area contributed by atoms with Crippen molar-refractivity contribution in [1.82, 2.24) is 0 Å². The van der Waals surface area contributed by atoms with Crippen molar-refractivity contribution in [1.29, 1.82) is 0 Å². The average molecular weight is 178 g/mol. The highest BCUT2D eigenvalue weighted by Crippen LogP contribution is 2.04. The summed E-state index contributed by atoms with van der Waals surface area (Å²) in [6, 6.07) is 5.86. The second kappa shape index (κ2) is 4.44. The van der Waals surface area contributed by atoms with Crippen LogP contribution in [0.4, 0.5) is 0 Å². The third kappa shape index (κ3) is 2.33. The molecule has 0 aliphatic heterocycles. The summed E-state index contributed by atoms with van der Waals surface area (Å²) < 4.78 is 0. The van der Waals surface area contributed by atoms with Crippen molar-refractivity contribution in [2.45, 2.75) is 26.7 Å². The first kappa shape index (κ1) is 10.3. The first-order chi connectivity index (χ1) is 6.19. The van der Waals surface area contributed by atoms with Gasteiger partial charge >= 0.3 is 7.12 Å². The quantitative estimate of drug-likeness (QED) is 0.661. The Kier molecular flexibility index (Phi) is 3.52. The van der Waals surface area contributed by atoms with Crippen molar-refractivity contribution in [3.05, 3.63) is 29.3 Å². The predicted octanol–water partition coefficient (Wildman–Crippen LogP) is 0.491. The van der Waals surface area contributed by atoms with E-state index in [4.69, 9.17) is 10.0 Å². The Morgan fingerprint density at radius 2 is 1.85 bits per heavy atom. The summed E-state index contributed by atoms with van der Waals surface area (Å²) in [7, 11) is -1.35. The molecule has 0 heterocycles. The van der Waals surface area contributed by atoms with Crippen LogP contribution < -0.4 is 5.46 Å². The van der Waals surface area contributed by atoms with E-state index in [1.807, 2.05) is 25.1 Å². The predicted molar refractivity (Wildman–Crippen MR) is 55.0 cm³/mol. The van der Waals surface area contributed by atoms with Crippen molar-refractivity contribution < 1.29 is 10.0 Å². The van der Waals surface area contributed by atoms with Gasteiger partial charge < -0.3 is 10.0 Å². The van der Waals surface area contributed by atoms with Crippen LogP contribution in [0.25, 0.3) is 0 Å². The number of rotatable bonds is 3. The zero-order chi connectivity index (χ0) is 9.84. The molecule has 0 aliphatic carbocycles. The summed E-state index contributed by atoms with van der Waals surface area (Å²) in [6.45, 7) is 4.06. The Labute approximate surface area is 79.4 Å². The van der Waals surface area contributed by atoms with Gasteiger partial charge in [-0.1, -0.05) is 32.0 Å². The van der Waals surface area contributed by atoms with Gasteiger partial charge in [0, 0.05) is 0 Å². The van der Waals surface area contributed by atoms with Crippen LogP contribution in [-0.4, -0.2) is 17.2 Å². The molecule has 0 aromatic heterocycles. The molecule has 1 aromatic carbocycles. The van der Waals surface area contributed by atoms with Crippen molar-refractivity contribution in [3.63, 3.8) is 0 Å². The fraction of sp³-hybridized carbons (Fsp3) is 0.400. The van der Waals surface area contributed by atoms with Crippen LogP contribution in [0.1, 0.15) is 25.0 Å². The van der Waals surface area contributed by atoms with Gasteiger partial charge in [-0.2, -0.15) is 0 Å². The minimum atomic E-state index is -1.35. The Bertz CT molecular complexity index is 284. The molecule has 0 amide bonds.